The molecule has 0 aliphatic heterocycles. The number of carbonyl (C=O) groups is 2. The van der Waals surface area contributed by atoms with Crippen LogP contribution in [0.25, 0.3) is 5.69 Å². The van der Waals surface area contributed by atoms with Gasteiger partial charge in [-0.05, 0) is 37.5 Å². The van der Waals surface area contributed by atoms with Crippen LogP contribution in [0.1, 0.15) is 39.1 Å². The quantitative estimate of drug-likeness (QED) is 0.896. The Morgan fingerprint density at radius 3 is 2.71 bits per heavy atom. The van der Waals surface area contributed by atoms with Gasteiger partial charge in [-0.1, -0.05) is 6.07 Å². The highest BCUT2D eigenvalue weighted by atomic mass is 16.4. The lowest BCUT2D eigenvalue weighted by atomic mass is 10.1. The number of rotatable bonds is 4. The molecule has 3 rings (SSSR count). The summed E-state index contributed by atoms with van der Waals surface area (Å²) in [6, 6.07) is 5.62. The standard InChI is InChI=1S/C15H15N3O3/c1-9-2-3-10(14(19)17-12-4-5-12)6-13(9)18-8-11(7-16-18)15(20)21/h2-3,6-8,12H,4-5H2,1H3,(H,17,19)(H,20,21). The van der Waals surface area contributed by atoms with Crippen LogP contribution in [0.2, 0.25) is 0 Å². The number of aromatic nitrogens is 2. The van der Waals surface area contributed by atoms with Crippen LogP contribution < -0.4 is 5.32 Å². The van der Waals surface area contributed by atoms with Crippen LogP contribution in [0.4, 0.5) is 0 Å². The van der Waals surface area contributed by atoms with Crippen molar-refractivity contribution in [3.63, 3.8) is 0 Å². The summed E-state index contributed by atoms with van der Waals surface area (Å²) in [6.07, 6.45) is 4.79. The molecule has 1 saturated carbocycles. The third-order valence-electron chi connectivity index (χ3n) is 3.46. The van der Waals surface area contributed by atoms with E-state index in [9.17, 15) is 9.59 Å². The highest BCUT2D eigenvalue weighted by Crippen LogP contribution is 2.21. The number of nitrogens with zero attached hydrogens (tertiary/aromatic N) is 2. The molecule has 0 radical (unpaired) electrons. The number of hydrogen-bond acceptors (Lipinski definition) is 3. The van der Waals surface area contributed by atoms with Crippen LogP contribution in [-0.2, 0) is 0 Å². The summed E-state index contributed by atoms with van der Waals surface area (Å²) in [7, 11) is 0. The topological polar surface area (TPSA) is 84.2 Å². The molecule has 1 aliphatic carbocycles. The molecular formula is C15H15N3O3. The maximum Gasteiger partial charge on any atom is 0.338 e. The van der Waals surface area contributed by atoms with Crippen molar-refractivity contribution in [1.82, 2.24) is 15.1 Å². The number of aromatic carboxylic acids is 1. The molecule has 0 bridgehead atoms. The van der Waals surface area contributed by atoms with Gasteiger partial charge in [0.25, 0.3) is 5.91 Å². The van der Waals surface area contributed by atoms with E-state index in [-0.39, 0.29) is 11.5 Å². The first-order valence-corrected chi connectivity index (χ1v) is 6.74. The summed E-state index contributed by atoms with van der Waals surface area (Å²) >= 11 is 0. The average molecular weight is 285 g/mol. The van der Waals surface area contributed by atoms with E-state index in [4.69, 9.17) is 5.11 Å². The molecule has 6 heteroatoms. The van der Waals surface area contributed by atoms with E-state index < -0.39 is 5.97 Å². The van der Waals surface area contributed by atoms with Crippen molar-refractivity contribution < 1.29 is 14.7 Å². The summed E-state index contributed by atoms with van der Waals surface area (Å²) < 4.78 is 1.48. The van der Waals surface area contributed by atoms with Crippen LogP contribution in [0.5, 0.6) is 0 Å². The minimum atomic E-state index is -1.03. The Morgan fingerprint density at radius 2 is 2.10 bits per heavy atom. The van der Waals surface area contributed by atoms with Gasteiger partial charge in [-0.2, -0.15) is 5.10 Å². The minimum absolute atomic E-state index is 0.107. The Hall–Kier alpha value is -2.63. The molecule has 1 aromatic carbocycles. The first-order chi connectivity index (χ1) is 10.0. The first kappa shape index (κ1) is 13.4. The van der Waals surface area contributed by atoms with Gasteiger partial charge in [0.05, 0.1) is 17.4 Å². The lowest BCUT2D eigenvalue weighted by Crippen LogP contribution is -2.25. The van der Waals surface area contributed by atoms with E-state index in [1.807, 2.05) is 13.0 Å². The molecule has 108 valence electrons. The number of carboxylic acids is 1. The fourth-order valence-corrected chi connectivity index (χ4v) is 2.06. The molecule has 1 heterocycles. The van der Waals surface area contributed by atoms with Crippen molar-refractivity contribution in [2.75, 3.05) is 0 Å². The summed E-state index contributed by atoms with van der Waals surface area (Å²) in [6.45, 7) is 1.89. The van der Waals surface area contributed by atoms with Gasteiger partial charge >= 0.3 is 5.97 Å². The largest absolute Gasteiger partial charge is 0.478 e. The zero-order valence-corrected chi connectivity index (χ0v) is 11.5. The van der Waals surface area contributed by atoms with E-state index in [0.29, 0.717) is 17.3 Å². The Balaban J connectivity index is 1.92. The lowest BCUT2D eigenvalue weighted by Gasteiger charge is -2.09. The highest BCUT2D eigenvalue weighted by molar-refractivity contribution is 5.95. The Labute approximate surface area is 121 Å². The maximum absolute atomic E-state index is 12.1. The molecule has 0 atom stereocenters. The monoisotopic (exact) mass is 285 g/mol. The van der Waals surface area contributed by atoms with Crippen LogP contribution in [0.3, 0.4) is 0 Å². The molecule has 0 unspecified atom stereocenters. The molecule has 1 fully saturated rings. The SMILES string of the molecule is Cc1ccc(C(=O)NC2CC2)cc1-n1cc(C(=O)O)cn1. The minimum Gasteiger partial charge on any atom is -0.478 e. The van der Waals surface area contributed by atoms with Crippen LogP contribution in [-0.4, -0.2) is 32.8 Å². The smallest absolute Gasteiger partial charge is 0.338 e. The van der Waals surface area contributed by atoms with Crippen LogP contribution in [0, 0.1) is 6.92 Å². The average Bonchev–Trinajstić information content (AvgIpc) is 3.12. The predicted octanol–water partition coefficient (Wildman–Crippen LogP) is 1.77. The second-order valence-corrected chi connectivity index (χ2v) is 5.23. The van der Waals surface area contributed by atoms with Crippen LogP contribution in [0.15, 0.2) is 30.6 Å². The molecule has 1 aliphatic rings. The van der Waals surface area contributed by atoms with E-state index in [2.05, 4.69) is 10.4 Å². The number of carbonyl (C=O) groups excluding carboxylic acids is 1. The molecule has 2 aromatic rings. The zero-order valence-electron chi connectivity index (χ0n) is 11.5. The van der Waals surface area contributed by atoms with Gasteiger partial charge in [0.2, 0.25) is 0 Å². The van der Waals surface area contributed by atoms with Gasteiger partial charge in [0.15, 0.2) is 0 Å². The number of aryl methyl sites for hydroxylation is 1. The number of hydrogen-bond donors (Lipinski definition) is 2. The highest BCUT2D eigenvalue weighted by Gasteiger charge is 2.24. The maximum atomic E-state index is 12.1. The second kappa shape index (κ2) is 5.05. The molecule has 0 saturated heterocycles. The fourth-order valence-electron chi connectivity index (χ4n) is 2.06. The van der Waals surface area contributed by atoms with Crippen molar-refractivity contribution in [1.29, 1.82) is 0 Å². The lowest BCUT2D eigenvalue weighted by molar-refractivity contribution is 0.0696. The first-order valence-electron chi connectivity index (χ1n) is 6.74. The molecule has 21 heavy (non-hydrogen) atoms. The fraction of sp³-hybridized carbons (Fsp3) is 0.267. The van der Waals surface area contributed by atoms with Crippen LogP contribution >= 0.6 is 0 Å². The molecule has 0 spiro atoms. The number of carboxylic acid groups (broad SMARTS) is 1. The summed E-state index contributed by atoms with van der Waals surface area (Å²) in [5.41, 5.74) is 2.28. The van der Waals surface area contributed by atoms with Crippen molar-refractivity contribution in [3.8, 4) is 5.69 Å². The Morgan fingerprint density at radius 1 is 1.33 bits per heavy atom. The van der Waals surface area contributed by atoms with Gasteiger partial charge in [0, 0.05) is 17.8 Å². The van der Waals surface area contributed by atoms with Crippen molar-refractivity contribution in [2.45, 2.75) is 25.8 Å². The van der Waals surface area contributed by atoms with E-state index >= 15 is 0 Å². The van der Waals surface area contributed by atoms with Gasteiger partial charge in [-0.25, -0.2) is 9.48 Å². The van der Waals surface area contributed by atoms with Gasteiger partial charge < -0.3 is 10.4 Å². The van der Waals surface area contributed by atoms with Gasteiger partial charge in [-0.3, -0.25) is 4.79 Å². The summed E-state index contributed by atoms with van der Waals surface area (Å²) in [4.78, 5) is 23.0. The Bertz CT molecular complexity index is 717. The molecular weight excluding hydrogens is 270 g/mol. The van der Waals surface area contributed by atoms with Gasteiger partial charge in [-0.15, -0.1) is 0 Å². The van der Waals surface area contributed by atoms with Crippen molar-refractivity contribution in [2.24, 2.45) is 0 Å². The number of nitrogens with one attached hydrogen (secondary N) is 1. The molecule has 2 N–H and O–H groups in total. The van der Waals surface area contributed by atoms with E-state index in [1.54, 1.807) is 12.1 Å². The van der Waals surface area contributed by atoms with Crippen molar-refractivity contribution >= 4 is 11.9 Å². The zero-order chi connectivity index (χ0) is 15.0. The normalized spacial score (nSPS) is 14.0. The Kier molecular flexibility index (Phi) is 3.21. The number of benzene rings is 1. The molecule has 6 nitrogen and oxygen atoms in total. The predicted molar refractivity (Wildman–Crippen MR) is 75.7 cm³/mol. The van der Waals surface area contributed by atoms with E-state index in [1.165, 1.54) is 17.1 Å². The third-order valence-corrected chi connectivity index (χ3v) is 3.46. The second-order valence-electron chi connectivity index (χ2n) is 5.23. The summed E-state index contributed by atoms with van der Waals surface area (Å²) in [5, 5.41) is 15.9. The molecule has 1 aromatic heterocycles. The molecule has 1 amide bonds. The van der Waals surface area contributed by atoms with Crippen molar-refractivity contribution in [3.05, 3.63) is 47.3 Å². The van der Waals surface area contributed by atoms with E-state index in [0.717, 1.165) is 18.4 Å². The summed E-state index contributed by atoms with van der Waals surface area (Å²) in [5.74, 6) is -1.13. The third kappa shape index (κ3) is 2.79. The van der Waals surface area contributed by atoms with Gasteiger partial charge in [0.1, 0.15) is 0 Å². The number of amides is 1.